The number of amides is 3. The van der Waals surface area contributed by atoms with Crippen LogP contribution >= 0.6 is 11.8 Å². The molecule has 2 atom stereocenters. The zero-order valence-electron chi connectivity index (χ0n) is 15.6. The molecule has 0 spiro atoms. The van der Waals surface area contributed by atoms with Gasteiger partial charge in [-0.3, -0.25) is 19.3 Å². The monoisotopic (exact) mass is 400 g/mol. The van der Waals surface area contributed by atoms with Gasteiger partial charge in [0.15, 0.2) is 0 Å². The molecule has 0 saturated carbocycles. The number of carbonyl (C=O) groups is 3. The number of nitrogens with one attached hydrogen (secondary N) is 1. The first-order valence-corrected chi connectivity index (χ1v) is 10.3. The minimum Gasteiger partial charge on any atom is -0.348 e. The highest BCUT2D eigenvalue weighted by Crippen LogP contribution is 2.26. The van der Waals surface area contributed by atoms with E-state index in [2.05, 4.69) is 5.32 Å². The van der Waals surface area contributed by atoms with Crippen molar-refractivity contribution in [2.45, 2.75) is 25.4 Å². The molecule has 0 fully saturated rings. The van der Waals surface area contributed by atoms with E-state index in [1.807, 2.05) is 6.26 Å². The lowest BCUT2D eigenvalue weighted by Crippen LogP contribution is -2.50. The predicted octanol–water partition coefficient (Wildman–Crippen LogP) is 3.42. The molecule has 3 amide bonds. The fourth-order valence-corrected chi connectivity index (χ4v) is 3.70. The molecule has 3 rings (SSSR count). The Labute approximate surface area is 167 Å². The maximum atomic E-state index is 13.1. The van der Waals surface area contributed by atoms with Crippen LogP contribution in [-0.2, 0) is 4.79 Å². The number of carbonyl (C=O) groups excluding carboxylic acids is 3. The fraction of sp³-hybridized carbons (Fsp3) is 0.286. The number of imide groups is 1. The molecule has 0 unspecified atom stereocenters. The number of hydrogen-bond donors (Lipinski definition) is 1. The number of halogens is 1. The summed E-state index contributed by atoms with van der Waals surface area (Å²) in [5.74, 6) is -1.03. The Balaban J connectivity index is 1.82. The molecule has 1 aliphatic heterocycles. The zero-order chi connectivity index (χ0) is 20.3. The van der Waals surface area contributed by atoms with E-state index < -0.39 is 23.8 Å². The molecule has 0 bridgehead atoms. The maximum absolute atomic E-state index is 13.1. The highest BCUT2D eigenvalue weighted by Gasteiger charge is 2.42. The summed E-state index contributed by atoms with van der Waals surface area (Å²) in [6, 6.07) is 11.1. The van der Waals surface area contributed by atoms with Crippen molar-refractivity contribution in [2.24, 2.45) is 0 Å². The summed E-state index contributed by atoms with van der Waals surface area (Å²) in [6.45, 7) is 1.78. The van der Waals surface area contributed by atoms with E-state index in [0.29, 0.717) is 23.3 Å². The van der Waals surface area contributed by atoms with E-state index in [-0.39, 0.29) is 11.9 Å². The summed E-state index contributed by atoms with van der Waals surface area (Å²) in [7, 11) is 0. The summed E-state index contributed by atoms with van der Waals surface area (Å²) < 4.78 is 13.1. The predicted molar refractivity (Wildman–Crippen MR) is 107 cm³/mol. The maximum Gasteiger partial charge on any atom is 0.262 e. The Kier molecular flexibility index (Phi) is 6.14. The Hall–Kier alpha value is -2.67. The first-order valence-electron chi connectivity index (χ1n) is 8.95. The van der Waals surface area contributed by atoms with E-state index in [1.165, 1.54) is 23.9 Å². The van der Waals surface area contributed by atoms with Crippen molar-refractivity contribution in [1.29, 1.82) is 0 Å². The number of fused-ring (bicyclic) bond motifs is 1. The van der Waals surface area contributed by atoms with Crippen LogP contribution in [0.5, 0.6) is 0 Å². The van der Waals surface area contributed by atoms with Gasteiger partial charge in [-0.05, 0) is 55.2 Å². The van der Waals surface area contributed by atoms with E-state index in [1.54, 1.807) is 43.3 Å². The van der Waals surface area contributed by atoms with Crippen molar-refractivity contribution in [3.8, 4) is 0 Å². The van der Waals surface area contributed by atoms with Crippen LogP contribution < -0.4 is 5.32 Å². The SMILES string of the molecule is CSCC[C@@H](C(=O)N[C@@H](C)c1ccc(F)cc1)N1C(=O)c2ccccc2C1=O. The molecule has 7 heteroatoms. The van der Waals surface area contributed by atoms with Crippen LogP contribution in [0.4, 0.5) is 4.39 Å². The summed E-state index contributed by atoms with van der Waals surface area (Å²) >= 11 is 1.54. The topological polar surface area (TPSA) is 66.5 Å². The van der Waals surface area contributed by atoms with Crippen molar-refractivity contribution in [1.82, 2.24) is 10.2 Å². The van der Waals surface area contributed by atoms with Gasteiger partial charge in [-0.2, -0.15) is 11.8 Å². The third-order valence-electron chi connectivity index (χ3n) is 4.76. The normalized spacial score (nSPS) is 15.3. The lowest BCUT2D eigenvalue weighted by molar-refractivity contribution is -0.125. The van der Waals surface area contributed by atoms with Gasteiger partial charge < -0.3 is 5.32 Å². The van der Waals surface area contributed by atoms with Gasteiger partial charge in [-0.1, -0.05) is 24.3 Å². The second-order valence-corrected chi connectivity index (χ2v) is 7.59. The van der Waals surface area contributed by atoms with Crippen LogP contribution in [0.2, 0.25) is 0 Å². The molecular formula is C21H21FN2O3S. The summed E-state index contributed by atoms with van der Waals surface area (Å²) in [6.07, 6.45) is 2.26. The van der Waals surface area contributed by atoms with Gasteiger partial charge in [0.05, 0.1) is 17.2 Å². The largest absolute Gasteiger partial charge is 0.348 e. The fourth-order valence-electron chi connectivity index (χ4n) is 3.24. The average Bonchev–Trinajstić information content (AvgIpc) is 2.94. The average molecular weight is 400 g/mol. The molecular weight excluding hydrogens is 379 g/mol. The van der Waals surface area contributed by atoms with Crippen LogP contribution in [-0.4, -0.2) is 40.7 Å². The number of rotatable bonds is 7. The number of hydrogen-bond acceptors (Lipinski definition) is 4. The van der Waals surface area contributed by atoms with Gasteiger partial charge in [-0.25, -0.2) is 4.39 Å². The van der Waals surface area contributed by atoms with Crippen molar-refractivity contribution < 1.29 is 18.8 Å². The Morgan fingerprint density at radius 2 is 1.64 bits per heavy atom. The van der Waals surface area contributed by atoms with E-state index in [0.717, 1.165) is 10.5 Å². The number of thioether (sulfide) groups is 1. The molecule has 28 heavy (non-hydrogen) atoms. The summed E-state index contributed by atoms with van der Waals surface area (Å²) in [4.78, 5) is 39.6. The van der Waals surface area contributed by atoms with Gasteiger partial charge in [0.25, 0.3) is 11.8 Å². The molecule has 1 N–H and O–H groups in total. The molecule has 0 radical (unpaired) electrons. The minimum atomic E-state index is -0.900. The van der Waals surface area contributed by atoms with Gasteiger partial charge in [-0.15, -0.1) is 0 Å². The smallest absolute Gasteiger partial charge is 0.262 e. The Morgan fingerprint density at radius 1 is 1.07 bits per heavy atom. The van der Waals surface area contributed by atoms with E-state index in [4.69, 9.17) is 0 Å². The number of benzene rings is 2. The molecule has 0 saturated heterocycles. The van der Waals surface area contributed by atoms with E-state index in [9.17, 15) is 18.8 Å². The lowest BCUT2D eigenvalue weighted by atomic mass is 10.1. The van der Waals surface area contributed by atoms with Crippen LogP contribution in [0.1, 0.15) is 45.7 Å². The van der Waals surface area contributed by atoms with Gasteiger partial charge in [0, 0.05) is 0 Å². The number of nitrogens with zero attached hydrogens (tertiary/aromatic N) is 1. The standard InChI is InChI=1S/C21H21FN2O3S/c1-13(14-7-9-15(22)10-8-14)23-19(25)18(11-12-28-2)24-20(26)16-5-3-4-6-17(16)21(24)27/h3-10,13,18H,11-12H2,1-2H3,(H,23,25)/t13-,18-/m0/s1. The first kappa shape index (κ1) is 20.1. The minimum absolute atomic E-state index is 0.320. The molecule has 2 aromatic carbocycles. The first-order chi connectivity index (χ1) is 13.4. The molecule has 146 valence electrons. The highest BCUT2D eigenvalue weighted by atomic mass is 32.2. The van der Waals surface area contributed by atoms with Crippen LogP contribution in [0.3, 0.4) is 0 Å². The molecule has 2 aromatic rings. The second kappa shape index (κ2) is 8.56. The van der Waals surface area contributed by atoms with E-state index >= 15 is 0 Å². The molecule has 0 aromatic heterocycles. The van der Waals surface area contributed by atoms with Crippen molar-refractivity contribution >= 4 is 29.5 Å². The second-order valence-electron chi connectivity index (χ2n) is 6.60. The quantitative estimate of drug-likeness (QED) is 0.724. The highest BCUT2D eigenvalue weighted by molar-refractivity contribution is 7.98. The van der Waals surface area contributed by atoms with Gasteiger partial charge in [0.1, 0.15) is 11.9 Å². The Bertz CT molecular complexity index is 866. The third kappa shape index (κ3) is 3.94. The molecule has 0 aliphatic carbocycles. The van der Waals surface area contributed by atoms with Crippen molar-refractivity contribution in [3.05, 3.63) is 71.0 Å². The van der Waals surface area contributed by atoms with Crippen LogP contribution in [0.15, 0.2) is 48.5 Å². The van der Waals surface area contributed by atoms with Gasteiger partial charge in [0.2, 0.25) is 5.91 Å². The van der Waals surface area contributed by atoms with Crippen LogP contribution in [0, 0.1) is 5.82 Å². The van der Waals surface area contributed by atoms with Crippen molar-refractivity contribution in [3.63, 3.8) is 0 Å². The summed E-state index contributed by atoms with van der Waals surface area (Å²) in [5, 5.41) is 2.85. The summed E-state index contributed by atoms with van der Waals surface area (Å²) in [5.41, 5.74) is 1.38. The third-order valence-corrected chi connectivity index (χ3v) is 5.41. The van der Waals surface area contributed by atoms with Gasteiger partial charge >= 0.3 is 0 Å². The Morgan fingerprint density at radius 3 is 2.18 bits per heavy atom. The zero-order valence-corrected chi connectivity index (χ0v) is 16.5. The van der Waals surface area contributed by atoms with Crippen molar-refractivity contribution in [2.75, 3.05) is 12.0 Å². The lowest BCUT2D eigenvalue weighted by Gasteiger charge is -2.27. The molecule has 1 aliphatic rings. The van der Waals surface area contributed by atoms with Crippen LogP contribution in [0.25, 0.3) is 0 Å². The molecule has 1 heterocycles. The molecule has 5 nitrogen and oxygen atoms in total.